The quantitative estimate of drug-likeness (QED) is 0.681. The molecule has 0 aliphatic carbocycles. The van der Waals surface area contributed by atoms with Gasteiger partial charge in [-0.15, -0.1) is 11.6 Å². The molecule has 1 rings (SSSR count). The van der Waals surface area contributed by atoms with Crippen molar-refractivity contribution in [2.24, 2.45) is 5.92 Å². The maximum absolute atomic E-state index is 13.4. The Bertz CT molecular complexity index is 354. The summed E-state index contributed by atoms with van der Waals surface area (Å²) in [6.45, 7) is 8.32. The van der Waals surface area contributed by atoms with E-state index in [0.29, 0.717) is 11.8 Å². The van der Waals surface area contributed by atoms with E-state index < -0.39 is 0 Å². The topological polar surface area (TPSA) is 3.24 Å². The van der Waals surface area contributed by atoms with Gasteiger partial charge in [0.1, 0.15) is 5.82 Å². The first kappa shape index (κ1) is 14.3. The molecule has 0 N–H and O–H groups in total. The van der Waals surface area contributed by atoms with Gasteiger partial charge in [0.25, 0.3) is 0 Å². The summed E-state index contributed by atoms with van der Waals surface area (Å²) in [5.74, 6) is 0.754. The van der Waals surface area contributed by atoms with Crippen molar-refractivity contribution in [2.45, 2.75) is 33.1 Å². The fourth-order valence-corrected chi connectivity index (χ4v) is 1.97. The van der Waals surface area contributed by atoms with Crippen molar-refractivity contribution < 1.29 is 4.39 Å². The molecular formula is C14H21ClFN. The zero-order chi connectivity index (χ0) is 12.8. The summed E-state index contributed by atoms with van der Waals surface area (Å²) in [6, 6.07) is 5.05. The molecule has 1 aromatic rings. The Morgan fingerprint density at radius 3 is 2.53 bits per heavy atom. The minimum absolute atomic E-state index is 0.208. The van der Waals surface area contributed by atoms with Gasteiger partial charge in [-0.05, 0) is 36.6 Å². The van der Waals surface area contributed by atoms with Crippen molar-refractivity contribution in [1.29, 1.82) is 0 Å². The molecule has 1 nitrogen and oxygen atoms in total. The number of benzene rings is 1. The smallest absolute Gasteiger partial charge is 0.125 e. The van der Waals surface area contributed by atoms with Crippen LogP contribution in [0, 0.1) is 11.7 Å². The van der Waals surface area contributed by atoms with Gasteiger partial charge in [0.05, 0.1) is 0 Å². The van der Waals surface area contributed by atoms with Gasteiger partial charge in [-0.25, -0.2) is 4.39 Å². The standard InChI is InChI=1S/C14H21ClFN/c1-4-11(3)10-17(5-2)14-7-12(9-15)6-13(16)8-14/h6-8,11H,4-5,9-10H2,1-3H3. The molecule has 0 heterocycles. The molecule has 1 aromatic carbocycles. The number of halogens is 2. The predicted octanol–water partition coefficient (Wildman–Crippen LogP) is 4.44. The fraction of sp³-hybridized carbons (Fsp3) is 0.571. The summed E-state index contributed by atoms with van der Waals surface area (Å²) in [6.07, 6.45) is 1.13. The molecule has 0 aliphatic heterocycles. The first-order chi connectivity index (χ1) is 8.10. The lowest BCUT2D eigenvalue weighted by atomic mass is 10.1. The van der Waals surface area contributed by atoms with Crippen LogP contribution in [0.25, 0.3) is 0 Å². The summed E-state index contributed by atoms with van der Waals surface area (Å²) in [7, 11) is 0. The Kier molecular flexibility index (Phi) is 5.76. The molecule has 1 unspecified atom stereocenters. The lowest BCUT2D eigenvalue weighted by molar-refractivity contribution is 0.546. The van der Waals surface area contributed by atoms with Crippen LogP contribution in [0.5, 0.6) is 0 Å². The molecule has 96 valence electrons. The van der Waals surface area contributed by atoms with Crippen LogP contribution in [-0.4, -0.2) is 13.1 Å². The Balaban J connectivity index is 2.90. The number of alkyl halides is 1. The van der Waals surface area contributed by atoms with Crippen LogP contribution in [0.2, 0.25) is 0 Å². The normalized spacial score (nSPS) is 12.5. The van der Waals surface area contributed by atoms with Crippen LogP contribution in [0.3, 0.4) is 0 Å². The van der Waals surface area contributed by atoms with Crippen LogP contribution in [-0.2, 0) is 5.88 Å². The molecule has 0 fully saturated rings. The first-order valence-corrected chi connectivity index (χ1v) is 6.74. The van der Waals surface area contributed by atoms with Gasteiger partial charge in [0, 0.05) is 24.7 Å². The van der Waals surface area contributed by atoms with Gasteiger partial charge in [0.2, 0.25) is 0 Å². The Morgan fingerprint density at radius 2 is 2.00 bits per heavy atom. The zero-order valence-corrected chi connectivity index (χ0v) is 11.6. The molecule has 0 spiro atoms. The SMILES string of the molecule is CCC(C)CN(CC)c1cc(F)cc(CCl)c1. The van der Waals surface area contributed by atoms with Crippen LogP contribution in [0.1, 0.15) is 32.8 Å². The van der Waals surface area contributed by atoms with Gasteiger partial charge < -0.3 is 4.90 Å². The molecule has 0 radical (unpaired) electrons. The number of hydrogen-bond acceptors (Lipinski definition) is 1. The highest BCUT2D eigenvalue weighted by Gasteiger charge is 2.10. The maximum atomic E-state index is 13.4. The molecule has 0 aliphatic rings. The summed E-state index contributed by atoms with van der Waals surface area (Å²) < 4.78 is 13.4. The van der Waals surface area contributed by atoms with Gasteiger partial charge in [0.15, 0.2) is 0 Å². The number of anilines is 1. The molecule has 0 bridgehead atoms. The van der Waals surface area contributed by atoms with E-state index in [1.165, 1.54) is 6.07 Å². The van der Waals surface area contributed by atoms with E-state index in [4.69, 9.17) is 11.6 Å². The van der Waals surface area contributed by atoms with Crippen molar-refractivity contribution in [3.63, 3.8) is 0 Å². The third-order valence-electron chi connectivity index (χ3n) is 3.07. The summed E-state index contributed by atoms with van der Waals surface area (Å²) in [5, 5.41) is 0. The highest BCUT2D eigenvalue weighted by Crippen LogP contribution is 2.21. The van der Waals surface area contributed by atoms with Crippen molar-refractivity contribution in [3.05, 3.63) is 29.6 Å². The van der Waals surface area contributed by atoms with E-state index in [1.54, 1.807) is 6.07 Å². The number of hydrogen-bond donors (Lipinski definition) is 0. The van der Waals surface area contributed by atoms with Crippen LogP contribution in [0.15, 0.2) is 18.2 Å². The third kappa shape index (κ3) is 4.19. The van der Waals surface area contributed by atoms with E-state index in [1.807, 2.05) is 6.07 Å². The van der Waals surface area contributed by atoms with Gasteiger partial charge >= 0.3 is 0 Å². The van der Waals surface area contributed by atoms with Gasteiger partial charge in [-0.2, -0.15) is 0 Å². The molecule has 0 aromatic heterocycles. The molecular weight excluding hydrogens is 237 g/mol. The summed E-state index contributed by atoms with van der Waals surface area (Å²) >= 11 is 5.77. The van der Waals surface area contributed by atoms with Crippen LogP contribution < -0.4 is 4.90 Å². The zero-order valence-electron chi connectivity index (χ0n) is 10.8. The lowest BCUT2D eigenvalue weighted by Gasteiger charge is -2.26. The van der Waals surface area contributed by atoms with Gasteiger partial charge in [-0.3, -0.25) is 0 Å². The second kappa shape index (κ2) is 6.85. The largest absolute Gasteiger partial charge is 0.371 e. The molecule has 3 heteroatoms. The second-order valence-corrected chi connectivity index (χ2v) is 4.77. The Morgan fingerprint density at radius 1 is 1.29 bits per heavy atom. The number of rotatable bonds is 6. The van der Waals surface area contributed by atoms with Crippen LogP contribution >= 0.6 is 11.6 Å². The summed E-state index contributed by atoms with van der Waals surface area (Å²) in [4.78, 5) is 2.20. The molecule has 0 amide bonds. The minimum Gasteiger partial charge on any atom is -0.371 e. The average molecular weight is 258 g/mol. The van der Waals surface area contributed by atoms with Crippen molar-refractivity contribution in [1.82, 2.24) is 0 Å². The monoisotopic (exact) mass is 257 g/mol. The highest BCUT2D eigenvalue weighted by atomic mass is 35.5. The van der Waals surface area contributed by atoms with Crippen molar-refractivity contribution in [2.75, 3.05) is 18.0 Å². The van der Waals surface area contributed by atoms with E-state index in [2.05, 4.69) is 25.7 Å². The van der Waals surface area contributed by atoms with Gasteiger partial charge in [-0.1, -0.05) is 20.3 Å². The molecule has 0 saturated heterocycles. The average Bonchev–Trinajstić information content (AvgIpc) is 2.34. The minimum atomic E-state index is -0.208. The van der Waals surface area contributed by atoms with E-state index in [9.17, 15) is 4.39 Å². The lowest BCUT2D eigenvalue weighted by Crippen LogP contribution is -2.28. The maximum Gasteiger partial charge on any atom is 0.125 e. The third-order valence-corrected chi connectivity index (χ3v) is 3.38. The second-order valence-electron chi connectivity index (χ2n) is 4.50. The predicted molar refractivity (Wildman–Crippen MR) is 73.3 cm³/mol. The first-order valence-electron chi connectivity index (χ1n) is 6.21. The van der Waals surface area contributed by atoms with E-state index in [-0.39, 0.29) is 5.82 Å². The summed E-state index contributed by atoms with van der Waals surface area (Å²) in [5.41, 5.74) is 1.77. The molecule has 0 saturated carbocycles. The van der Waals surface area contributed by atoms with Crippen molar-refractivity contribution in [3.8, 4) is 0 Å². The molecule has 17 heavy (non-hydrogen) atoms. The highest BCUT2D eigenvalue weighted by molar-refractivity contribution is 6.17. The van der Waals surface area contributed by atoms with Crippen molar-refractivity contribution >= 4 is 17.3 Å². The number of nitrogens with zero attached hydrogens (tertiary/aromatic N) is 1. The van der Waals surface area contributed by atoms with Crippen LogP contribution in [0.4, 0.5) is 10.1 Å². The molecule has 1 atom stereocenters. The van der Waals surface area contributed by atoms with E-state index in [0.717, 1.165) is 30.8 Å². The Hall–Kier alpha value is -0.760. The fourth-order valence-electron chi connectivity index (χ4n) is 1.82. The van der Waals surface area contributed by atoms with E-state index >= 15 is 0 Å². The Labute approximate surface area is 109 Å².